The van der Waals surface area contributed by atoms with Crippen molar-refractivity contribution >= 4 is 12.2 Å². The number of hydrogen-bond donors (Lipinski definition) is 1. The van der Waals surface area contributed by atoms with E-state index in [9.17, 15) is 9.59 Å². The summed E-state index contributed by atoms with van der Waals surface area (Å²) in [6.45, 7) is 11.9. The minimum Gasteiger partial charge on any atom is -0.489 e. The number of hydrogen-bond acceptors (Lipinski definition) is 5. The third-order valence-electron chi connectivity index (χ3n) is 4.95. The fourth-order valence-corrected chi connectivity index (χ4v) is 3.52. The summed E-state index contributed by atoms with van der Waals surface area (Å²) in [4.78, 5) is 26.7. The fourth-order valence-electron chi connectivity index (χ4n) is 3.52. The zero-order valence-electron chi connectivity index (χ0n) is 20.3. The third-order valence-corrected chi connectivity index (χ3v) is 4.95. The number of alkyl carbamates (subject to hydrolysis) is 1. The van der Waals surface area contributed by atoms with Crippen LogP contribution >= 0.6 is 0 Å². The van der Waals surface area contributed by atoms with Crippen molar-refractivity contribution in [1.29, 1.82) is 0 Å². The van der Waals surface area contributed by atoms with E-state index in [4.69, 9.17) is 14.2 Å². The Morgan fingerprint density at radius 2 is 1.55 bits per heavy atom. The molecule has 1 aliphatic rings. The lowest BCUT2D eigenvalue weighted by atomic mass is 9.82. The molecule has 0 aliphatic carbocycles. The molecular weight excluding hydrogens is 420 g/mol. The van der Waals surface area contributed by atoms with Crippen LogP contribution in [0.25, 0.3) is 0 Å². The molecule has 3 rings (SSSR count). The van der Waals surface area contributed by atoms with Gasteiger partial charge in [-0.3, -0.25) is 0 Å². The first-order valence-electron chi connectivity index (χ1n) is 11.1. The van der Waals surface area contributed by atoms with Crippen LogP contribution < -0.4 is 10.1 Å². The fraction of sp³-hybridized carbons (Fsp3) is 0.462. The standard InChI is InChI=1S/C26H34N2O5/c1-24(2,3)32-22(29)27-26(17-28(18-26)23(30)33-25(4,5)6)20-13-10-14-21(15-20)31-16-19-11-8-7-9-12-19/h7-15H,16-18H2,1-6H3,(H,27,29). The Bertz CT molecular complexity index is 970. The summed E-state index contributed by atoms with van der Waals surface area (Å²) in [6.07, 6.45) is -0.956. The predicted octanol–water partition coefficient (Wildman–Crippen LogP) is 5.24. The summed E-state index contributed by atoms with van der Waals surface area (Å²) in [5.41, 5.74) is -0.145. The van der Waals surface area contributed by atoms with E-state index < -0.39 is 28.9 Å². The van der Waals surface area contributed by atoms with Crippen LogP contribution in [-0.2, 0) is 21.6 Å². The zero-order valence-corrected chi connectivity index (χ0v) is 20.3. The second-order valence-corrected chi connectivity index (χ2v) is 10.3. The third kappa shape index (κ3) is 6.88. The summed E-state index contributed by atoms with van der Waals surface area (Å²) in [7, 11) is 0. The highest BCUT2D eigenvalue weighted by Gasteiger charge is 2.49. The molecule has 0 bridgehead atoms. The molecule has 0 saturated carbocycles. The van der Waals surface area contributed by atoms with Gasteiger partial charge in [-0.1, -0.05) is 42.5 Å². The number of amides is 2. The Balaban J connectivity index is 1.78. The van der Waals surface area contributed by atoms with E-state index in [1.807, 2.05) is 96.1 Å². The van der Waals surface area contributed by atoms with Crippen LogP contribution in [-0.4, -0.2) is 41.4 Å². The van der Waals surface area contributed by atoms with Gasteiger partial charge in [-0.25, -0.2) is 9.59 Å². The van der Waals surface area contributed by atoms with Crippen LogP contribution in [0.1, 0.15) is 52.7 Å². The molecule has 7 heteroatoms. The van der Waals surface area contributed by atoms with Crippen LogP contribution in [0.4, 0.5) is 9.59 Å². The second-order valence-electron chi connectivity index (χ2n) is 10.3. The van der Waals surface area contributed by atoms with Gasteiger partial charge in [0, 0.05) is 0 Å². The van der Waals surface area contributed by atoms with Gasteiger partial charge < -0.3 is 24.4 Å². The Morgan fingerprint density at radius 1 is 0.909 bits per heavy atom. The van der Waals surface area contributed by atoms with Crippen molar-refractivity contribution in [2.75, 3.05) is 13.1 Å². The van der Waals surface area contributed by atoms with Crippen molar-refractivity contribution in [2.45, 2.75) is 64.9 Å². The molecule has 1 aliphatic heterocycles. The van der Waals surface area contributed by atoms with Gasteiger partial charge in [0.05, 0.1) is 13.1 Å². The van der Waals surface area contributed by atoms with E-state index in [2.05, 4.69) is 5.32 Å². The van der Waals surface area contributed by atoms with Gasteiger partial charge in [-0.05, 0) is 64.8 Å². The summed E-state index contributed by atoms with van der Waals surface area (Å²) in [6, 6.07) is 17.5. The largest absolute Gasteiger partial charge is 0.489 e. The number of nitrogens with one attached hydrogen (secondary N) is 1. The van der Waals surface area contributed by atoms with Crippen molar-refractivity contribution in [3.05, 3.63) is 65.7 Å². The maximum atomic E-state index is 12.6. The number of carbonyl (C=O) groups excluding carboxylic acids is 2. The number of rotatable bonds is 5. The molecule has 0 spiro atoms. The molecule has 2 aromatic rings. The summed E-state index contributed by atoms with van der Waals surface area (Å²) in [5.74, 6) is 0.678. The van der Waals surface area contributed by atoms with E-state index >= 15 is 0 Å². The molecule has 1 fully saturated rings. The van der Waals surface area contributed by atoms with Gasteiger partial charge in [0.25, 0.3) is 0 Å². The van der Waals surface area contributed by atoms with Crippen molar-refractivity contribution in [3.8, 4) is 5.75 Å². The topological polar surface area (TPSA) is 77.1 Å². The molecule has 33 heavy (non-hydrogen) atoms. The molecule has 7 nitrogen and oxygen atoms in total. The van der Waals surface area contributed by atoms with Crippen LogP contribution in [0.3, 0.4) is 0 Å². The molecule has 1 N–H and O–H groups in total. The normalized spacial score (nSPS) is 15.3. The molecule has 1 heterocycles. The van der Waals surface area contributed by atoms with E-state index in [-0.39, 0.29) is 13.1 Å². The molecular formula is C26H34N2O5. The van der Waals surface area contributed by atoms with E-state index in [1.165, 1.54) is 0 Å². The van der Waals surface area contributed by atoms with Crippen molar-refractivity contribution in [2.24, 2.45) is 0 Å². The van der Waals surface area contributed by atoms with Gasteiger partial charge in [-0.15, -0.1) is 0 Å². The highest BCUT2D eigenvalue weighted by Crippen LogP contribution is 2.35. The molecule has 178 valence electrons. The maximum absolute atomic E-state index is 12.6. The molecule has 0 aromatic heterocycles. The minimum absolute atomic E-state index is 0.267. The van der Waals surface area contributed by atoms with E-state index in [1.54, 1.807) is 4.90 Å². The van der Waals surface area contributed by atoms with Crippen LogP contribution in [0.5, 0.6) is 5.75 Å². The molecule has 0 radical (unpaired) electrons. The number of nitrogens with zero attached hydrogens (tertiary/aromatic N) is 1. The van der Waals surface area contributed by atoms with Crippen molar-refractivity contribution in [3.63, 3.8) is 0 Å². The quantitative estimate of drug-likeness (QED) is 0.669. The second kappa shape index (κ2) is 9.33. The lowest BCUT2D eigenvalue weighted by Gasteiger charge is -2.50. The Kier molecular flexibility index (Phi) is 6.91. The molecule has 0 unspecified atom stereocenters. The lowest BCUT2D eigenvalue weighted by Crippen LogP contribution is -2.69. The highest BCUT2D eigenvalue weighted by atomic mass is 16.6. The van der Waals surface area contributed by atoms with E-state index in [0.29, 0.717) is 12.4 Å². The van der Waals surface area contributed by atoms with Gasteiger partial charge in [0.2, 0.25) is 0 Å². The Morgan fingerprint density at radius 3 is 2.15 bits per heavy atom. The van der Waals surface area contributed by atoms with E-state index in [0.717, 1.165) is 11.1 Å². The summed E-state index contributed by atoms with van der Waals surface area (Å²) < 4.78 is 16.9. The van der Waals surface area contributed by atoms with Gasteiger partial charge >= 0.3 is 12.2 Å². The first kappa shape index (κ1) is 24.4. The van der Waals surface area contributed by atoms with Gasteiger partial charge in [0.15, 0.2) is 0 Å². The number of benzene rings is 2. The Labute approximate surface area is 196 Å². The number of carbonyl (C=O) groups is 2. The Hall–Kier alpha value is -3.22. The first-order valence-corrected chi connectivity index (χ1v) is 11.1. The SMILES string of the molecule is CC(C)(C)OC(=O)NC1(c2cccc(OCc3ccccc3)c2)CN(C(=O)OC(C)(C)C)C1. The van der Waals surface area contributed by atoms with Crippen molar-refractivity contribution in [1.82, 2.24) is 10.2 Å². The van der Waals surface area contributed by atoms with Crippen LogP contribution in [0, 0.1) is 0 Å². The van der Waals surface area contributed by atoms with Crippen LogP contribution in [0.2, 0.25) is 0 Å². The average Bonchev–Trinajstić information content (AvgIpc) is 2.67. The molecule has 2 amide bonds. The molecule has 1 saturated heterocycles. The number of ether oxygens (including phenoxy) is 3. The summed E-state index contributed by atoms with van der Waals surface area (Å²) in [5, 5.41) is 2.99. The zero-order chi connectivity index (χ0) is 24.3. The number of likely N-dealkylation sites (tertiary alicyclic amines) is 1. The molecule has 0 atom stereocenters. The van der Waals surface area contributed by atoms with Gasteiger partial charge in [-0.2, -0.15) is 0 Å². The van der Waals surface area contributed by atoms with Crippen molar-refractivity contribution < 1.29 is 23.8 Å². The van der Waals surface area contributed by atoms with Crippen LogP contribution in [0.15, 0.2) is 54.6 Å². The predicted molar refractivity (Wildman–Crippen MR) is 126 cm³/mol. The average molecular weight is 455 g/mol. The monoisotopic (exact) mass is 454 g/mol. The first-order chi connectivity index (χ1) is 15.4. The van der Waals surface area contributed by atoms with Gasteiger partial charge in [0.1, 0.15) is 29.1 Å². The molecule has 2 aromatic carbocycles. The maximum Gasteiger partial charge on any atom is 0.410 e. The highest BCUT2D eigenvalue weighted by molar-refractivity contribution is 5.73. The smallest absolute Gasteiger partial charge is 0.410 e. The summed E-state index contributed by atoms with van der Waals surface area (Å²) >= 11 is 0. The minimum atomic E-state index is -0.800. The lowest BCUT2D eigenvalue weighted by molar-refractivity contribution is -0.0230.